The van der Waals surface area contributed by atoms with Crippen molar-refractivity contribution < 1.29 is 9.47 Å². The molecule has 4 heteroatoms. The number of ether oxygens (including phenoxy) is 2. The van der Waals surface area contributed by atoms with Gasteiger partial charge in [-0.05, 0) is 30.5 Å². The number of nitrogens with one attached hydrogen (secondary N) is 1. The molecule has 0 bridgehead atoms. The maximum Gasteiger partial charge on any atom is 0.162 e. The monoisotopic (exact) mass is 299 g/mol. The van der Waals surface area contributed by atoms with Gasteiger partial charge in [-0.2, -0.15) is 0 Å². The first-order chi connectivity index (χ1) is 9.57. The number of halogens is 1. The third-order valence-electron chi connectivity index (χ3n) is 3.66. The van der Waals surface area contributed by atoms with Gasteiger partial charge in [-0.15, -0.1) is 0 Å². The van der Waals surface area contributed by atoms with E-state index in [4.69, 9.17) is 21.1 Å². The average molecular weight is 300 g/mol. The van der Waals surface area contributed by atoms with Gasteiger partial charge in [0.25, 0.3) is 0 Å². The summed E-state index contributed by atoms with van der Waals surface area (Å²) < 4.78 is 10.7. The second-order valence-electron chi connectivity index (χ2n) is 5.09. The largest absolute Gasteiger partial charge is 0.493 e. The molecule has 0 saturated carbocycles. The van der Waals surface area contributed by atoms with Crippen molar-refractivity contribution in [3.8, 4) is 11.5 Å². The summed E-state index contributed by atoms with van der Waals surface area (Å²) in [5.74, 6) is 2.03. The van der Waals surface area contributed by atoms with Crippen LogP contribution in [0.4, 0.5) is 0 Å². The molecule has 0 heterocycles. The molecule has 1 aromatic rings. The van der Waals surface area contributed by atoms with Gasteiger partial charge in [-0.1, -0.05) is 38.8 Å². The van der Waals surface area contributed by atoms with Gasteiger partial charge in [0.15, 0.2) is 11.5 Å². The molecule has 0 spiro atoms. The van der Waals surface area contributed by atoms with E-state index in [9.17, 15) is 0 Å². The van der Waals surface area contributed by atoms with Crippen molar-refractivity contribution in [2.45, 2.75) is 39.7 Å². The molecule has 0 aliphatic heterocycles. The van der Waals surface area contributed by atoms with Crippen LogP contribution in [0, 0.1) is 5.92 Å². The molecule has 2 unspecified atom stereocenters. The van der Waals surface area contributed by atoms with Crippen LogP contribution in [0.2, 0.25) is 5.02 Å². The van der Waals surface area contributed by atoms with Crippen LogP contribution in [0.5, 0.6) is 11.5 Å². The molecular formula is C16H26ClNO2. The molecule has 0 aliphatic rings. The van der Waals surface area contributed by atoms with Crippen LogP contribution in [-0.2, 0) is 0 Å². The zero-order valence-corrected chi connectivity index (χ0v) is 13.9. The highest BCUT2D eigenvalue weighted by molar-refractivity contribution is 6.31. The molecule has 0 aromatic heterocycles. The molecular weight excluding hydrogens is 274 g/mol. The molecule has 2 atom stereocenters. The Labute approximate surface area is 127 Å². The Bertz CT molecular complexity index is 423. The van der Waals surface area contributed by atoms with Crippen molar-refractivity contribution >= 4 is 11.6 Å². The normalized spacial score (nSPS) is 13.9. The van der Waals surface area contributed by atoms with E-state index in [2.05, 4.69) is 26.1 Å². The molecule has 0 amide bonds. The summed E-state index contributed by atoms with van der Waals surface area (Å²) in [5, 5.41) is 4.23. The van der Waals surface area contributed by atoms with Gasteiger partial charge in [-0.25, -0.2) is 0 Å². The lowest BCUT2D eigenvalue weighted by atomic mass is 9.94. The number of methoxy groups -OCH3 is 2. The molecule has 0 aliphatic carbocycles. The van der Waals surface area contributed by atoms with Crippen LogP contribution < -0.4 is 14.8 Å². The molecule has 0 radical (unpaired) electrons. The Balaban J connectivity index is 3.11. The zero-order chi connectivity index (χ0) is 15.1. The van der Waals surface area contributed by atoms with Gasteiger partial charge < -0.3 is 14.8 Å². The molecule has 1 N–H and O–H groups in total. The van der Waals surface area contributed by atoms with Crippen LogP contribution in [0.1, 0.15) is 45.2 Å². The fourth-order valence-electron chi connectivity index (χ4n) is 2.27. The minimum Gasteiger partial charge on any atom is -0.493 e. The van der Waals surface area contributed by atoms with E-state index in [-0.39, 0.29) is 6.04 Å². The van der Waals surface area contributed by atoms with Crippen LogP contribution in [0.25, 0.3) is 0 Å². The lowest BCUT2D eigenvalue weighted by Crippen LogP contribution is -2.23. The van der Waals surface area contributed by atoms with Crippen molar-refractivity contribution in [1.82, 2.24) is 5.32 Å². The summed E-state index contributed by atoms with van der Waals surface area (Å²) in [4.78, 5) is 0. The van der Waals surface area contributed by atoms with Gasteiger partial charge in [0.1, 0.15) is 0 Å². The predicted octanol–water partition coefficient (Wildman–Crippen LogP) is 4.44. The van der Waals surface area contributed by atoms with Gasteiger partial charge in [0.2, 0.25) is 0 Å². The number of hydrogen-bond acceptors (Lipinski definition) is 3. The maximum absolute atomic E-state index is 6.42. The molecule has 1 aromatic carbocycles. The minimum atomic E-state index is 0.238. The standard InChI is InChI=1S/C16H26ClNO2/c1-6-11(3)8-14(18-7-2)12-9-15(19-4)16(20-5)10-13(12)17/h9-11,14,18H,6-8H2,1-5H3. The van der Waals surface area contributed by atoms with Gasteiger partial charge >= 0.3 is 0 Å². The van der Waals surface area contributed by atoms with E-state index in [0.717, 1.165) is 35.7 Å². The molecule has 20 heavy (non-hydrogen) atoms. The van der Waals surface area contributed by atoms with Crippen molar-refractivity contribution in [2.24, 2.45) is 5.92 Å². The second kappa shape index (κ2) is 8.38. The lowest BCUT2D eigenvalue weighted by Gasteiger charge is -2.23. The van der Waals surface area contributed by atoms with E-state index >= 15 is 0 Å². The van der Waals surface area contributed by atoms with E-state index in [1.807, 2.05) is 12.1 Å². The smallest absolute Gasteiger partial charge is 0.162 e. The first-order valence-electron chi connectivity index (χ1n) is 7.22. The summed E-state index contributed by atoms with van der Waals surface area (Å²) in [6, 6.07) is 4.05. The van der Waals surface area contributed by atoms with E-state index in [0.29, 0.717) is 11.7 Å². The van der Waals surface area contributed by atoms with Crippen molar-refractivity contribution in [3.63, 3.8) is 0 Å². The van der Waals surface area contributed by atoms with E-state index < -0.39 is 0 Å². The highest BCUT2D eigenvalue weighted by atomic mass is 35.5. The quantitative estimate of drug-likeness (QED) is 0.769. The fourth-order valence-corrected chi connectivity index (χ4v) is 2.56. The first-order valence-corrected chi connectivity index (χ1v) is 7.59. The first kappa shape index (κ1) is 17.1. The van der Waals surface area contributed by atoms with Crippen molar-refractivity contribution in [3.05, 3.63) is 22.7 Å². The molecule has 3 nitrogen and oxygen atoms in total. The van der Waals surface area contributed by atoms with Gasteiger partial charge in [0, 0.05) is 17.1 Å². The van der Waals surface area contributed by atoms with Crippen LogP contribution in [-0.4, -0.2) is 20.8 Å². The topological polar surface area (TPSA) is 30.5 Å². The van der Waals surface area contributed by atoms with Crippen LogP contribution >= 0.6 is 11.6 Å². The minimum absolute atomic E-state index is 0.238. The number of benzene rings is 1. The fraction of sp³-hybridized carbons (Fsp3) is 0.625. The SMILES string of the molecule is CCNC(CC(C)CC)c1cc(OC)c(OC)cc1Cl. The summed E-state index contributed by atoms with van der Waals surface area (Å²) in [6.07, 6.45) is 2.21. The molecule has 1 rings (SSSR count). The highest BCUT2D eigenvalue weighted by Gasteiger charge is 2.19. The van der Waals surface area contributed by atoms with Gasteiger partial charge in [0.05, 0.1) is 14.2 Å². The Hall–Kier alpha value is -0.930. The Kier molecular flexibility index (Phi) is 7.17. The Morgan fingerprint density at radius 2 is 1.75 bits per heavy atom. The van der Waals surface area contributed by atoms with Crippen LogP contribution in [0.3, 0.4) is 0 Å². The van der Waals surface area contributed by atoms with E-state index in [1.54, 1.807) is 14.2 Å². The molecule has 114 valence electrons. The summed E-state index contributed by atoms with van der Waals surface area (Å²) in [5.41, 5.74) is 1.08. The third-order valence-corrected chi connectivity index (χ3v) is 3.99. The van der Waals surface area contributed by atoms with E-state index in [1.165, 1.54) is 0 Å². The highest BCUT2D eigenvalue weighted by Crippen LogP contribution is 2.37. The molecule has 0 saturated heterocycles. The summed E-state index contributed by atoms with van der Waals surface area (Å²) in [7, 11) is 3.27. The maximum atomic E-state index is 6.42. The van der Waals surface area contributed by atoms with Crippen molar-refractivity contribution in [2.75, 3.05) is 20.8 Å². The lowest BCUT2D eigenvalue weighted by molar-refractivity contribution is 0.352. The number of hydrogen-bond donors (Lipinski definition) is 1. The predicted molar refractivity (Wildman–Crippen MR) is 85.0 cm³/mol. The zero-order valence-electron chi connectivity index (χ0n) is 13.1. The average Bonchev–Trinajstić information content (AvgIpc) is 2.46. The van der Waals surface area contributed by atoms with Gasteiger partial charge in [-0.3, -0.25) is 0 Å². The summed E-state index contributed by atoms with van der Waals surface area (Å²) >= 11 is 6.42. The van der Waals surface area contributed by atoms with Crippen LogP contribution in [0.15, 0.2) is 12.1 Å². The Morgan fingerprint density at radius 3 is 2.25 bits per heavy atom. The third kappa shape index (κ3) is 4.29. The van der Waals surface area contributed by atoms with Crippen molar-refractivity contribution in [1.29, 1.82) is 0 Å². The Morgan fingerprint density at radius 1 is 1.15 bits per heavy atom. The number of rotatable bonds is 8. The second-order valence-corrected chi connectivity index (χ2v) is 5.50. The summed E-state index contributed by atoms with van der Waals surface area (Å²) in [6.45, 7) is 7.49. The molecule has 0 fully saturated rings.